The number of piperidine rings is 1. The summed E-state index contributed by atoms with van der Waals surface area (Å²) in [6, 6.07) is 4.04. The second-order valence-corrected chi connectivity index (χ2v) is 5.41. The predicted molar refractivity (Wildman–Crippen MR) is 60.5 cm³/mol. The summed E-state index contributed by atoms with van der Waals surface area (Å²) in [4.78, 5) is 7.06. The van der Waals surface area contributed by atoms with E-state index >= 15 is 0 Å². The van der Waals surface area contributed by atoms with Crippen molar-refractivity contribution in [2.24, 2.45) is 5.41 Å². The van der Waals surface area contributed by atoms with Crippen LogP contribution in [-0.2, 0) is 6.42 Å². The van der Waals surface area contributed by atoms with Crippen LogP contribution in [0, 0.1) is 5.41 Å². The molecule has 3 atom stereocenters. The number of hydrogen-bond donors (Lipinski definition) is 0. The Morgan fingerprint density at radius 3 is 3.44 bits per heavy atom. The Labute approximate surface area is 95.4 Å². The molecule has 1 spiro atoms. The van der Waals surface area contributed by atoms with E-state index in [1.54, 1.807) is 0 Å². The summed E-state index contributed by atoms with van der Waals surface area (Å²) < 4.78 is 6.17. The molecule has 3 nitrogen and oxygen atoms in total. The molecule has 0 radical (unpaired) electrons. The molecule has 16 heavy (non-hydrogen) atoms. The van der Waals surface area contributed by atoms with E-state index in [9.17, 15) is 0 Å². The lowest BCUT2D eigenvalue weighted by molar-refractivity contribution is -0.00192. The monoisotopic (exact) mass is 216 g/mol. The van der Waals surface area contributed by atoms with Crippen LogP contribution in [0.15, 0.2) is 18.3 Å². The molecule has 0 aromatic carbocycles. The Morgan fingerprint density at radius 2 is 2.44 bits per heavy atom. The highest BCUT2D eigenvalue weighted by Gasteiger charge is 2.51. The molecule has 84 valence electrons. The zero-order valence-electron chi connectivity index (χ0n) is 9.35. The molecule has 3 heteroatoms. The summed E-state index contributed by atoms with van der Waals surface area (Å²) in [6.45, 7) is 3.68. The van der Waals surface area contributed by atoms with E-state index in [-0.39, 0.29) is 0 Å². The number of nitrogens with zero attached hydrogens (tertiary/aromatic N) is 2. The van der Waals surface area contributed by atoms with E-state index < -0.39 is 0 Å². The van der Waals surface area contributed by atoms with Crippen molar-refractivity contribution in [2.45, 2.75) is 25.4 Å². The van der Waals surface area contributed by atoms with E-state index in [2.05, 4.69) is 16.0 Å². The predicted octanol–water partition coefficient (Wildman–Crippen LogP) is 1.48. The van der Waals surface area contributed by atoms with Gasteiger partial charge in [0.25, 0.3) is 0 Å². The van der Waals surface area contributed by atoms with Gasteiger partial charge >= 0.3 is 0 Å². The highest BCUT2D eigenvalue weighted by molar-refractivity contribution is 5.32. The molecule has 0 N–H and O–H groups in total. The number of hydrogen-bond acceptors (Lipinski definition) is 3. The normalized spacial score (nSPS) is 39.8. The van der Waals surface area contributed by atoms with Crippen LogP contribution in [-0.4, -0.2) is 35.6 Å². The molecule has 2 saturated heterocycles. The van der Waals surface area contributed by atoms with Gasteiger partial charge < -0.3 is 9.64 Å². The molecule has 3 aliphatic heterocycles. The molecule has 2 fully saturated rings. The van der Waals surface area contributed by atoms with Crippen molar-refractivity contribution in [1.82, 2.24) is 9.88 Å². The van der Waals surface area contributed by atoms with Gasteiger partial charge in [-0.05, 0) is 31.5 Å². The fraction of sp³-hybridized carbons (Fsp3) is 0.615. The van der Waals surface area contributed by atoms with Crippen LogP contribution in [0.25, 0.3) is 0 Å². The Balaban J connectivity index is 1.78. The summed E-state index contributed by atoms with van der Waals surface area (Å²) in [5.74, 6) is 1.03. The van der Waals surface area contributed by atoms with Crippen molar-refractivity contribution in [1.29, 1.82) is 0 Å². The quantitative estimate of drug-likeness (QED) is 0.657. The molecule has 1 aromatic rings. The minimum atomic E-state index is 0.375. The Morgan fingerprint density at radius 1 is 1.44 bits per heavy atom. The molecular formula is C13H16N2O. The standard InChI is InChI=1S/C13H16N2O/c1-2-11-10(14-5-1)8-13-4-7-15(9-13)6-3-12(13)16-11/h1-2,5,12H,3-4,6-9H2/t12-,13-/m1/s1. The van der Waals surface area contributed by atoms with Crippen molar-refractivity contribution in [3.63, 3.8) is 0 Å². The van der Waals surface area contributed by atoms with Crippen LogP contribution in [0.4, 0.5) is 0 Å². The highest BCUT2D eigenvalue weighted by Crippen LogP contribution is 2.47. The minimum absolute atomic E-state index is 0.375. The molecule has 1 unspecified atom stereocenters. The Bertz CT molecular complexity index is 432. The molecule has 0 saturated carbocycles. The summed E-state index contributed by atoms with van der Waals surface area (Å²) in [5, 5.41) is 0. The lowest BCUT2D eigenvalue weighted by atomic mass is 9.73. The van der Waals surface area contributed by atoms with Gasteiger partial charge in [0, 0.05) is 31.1 Å². The van der Waals surface area contributed by atoms with Crippen LogP contribution in [0.2, 0.25) is 0 Å². The van der Waals surface area contributed by atoms with Crippen LogP contribution < -0.4 is 4.74 Å². The lowest BCUT2D eigenvalue weighted by Crippen LogP contribution is -2.50. The van der Waals surface area contributed by atoms with Crippen molar-refractivity contribution in [3.8, 4) is 5.75 Å². The van der Waals surface area contributed by atoms with Crippen LogP contribution in [0.1, 0.15) is 18.5 Å². The van der Waals surface area contributed by atoms with Crippen LogP contribution in [0.3, 0.4) is 0 Å². The van der Waals surface area contributed by atoms with Crippen LogP contribution in [0.5, 0.6) is 5.75 Å². The first-order valence-electron chi connectivity index (χ1n) is 6.19. The van der Waals surface area contributed by atoms with Crippen molar-refractivity contribution >= 4 is 0 Å². The fourth-order valence-corrected chi connectivity index (χ4v) is 3.64. The Kier molecular flexibility index (Phi) is 1.67. The first kappa shape index (κ1) is 8.99. The van der Waals surface area contributed by atoms with Gasteiger partial charge in [-0.25, -0.2) is 0 Å². The number of aromatic nitrogens is 1. The SMILES string of the molecule is c1cnc2c(c1)O[C@@H]1CCN3CC[C@@]1(C2)C3. The third-order valence-corrected chi connectivity index (χ3v) is 4.49. The first-order chi connectivity index (χ1) is 7.86. The molecule has 1 aromatic heterocycles. The third-order valence-electron chi connectivity index (χ3n) is 4.49. The Hall–Kier alpha value is -1.09. The molecular weight excluding hydrogens is 200 g/mol. The van der Waals surface area contributed by atoms with Crippen molar-refractivity contribution in [3.05, 3.63) is 24.0 Å². The van der Waals surface area contributed by atoms with Gasteiger partial charge in [0.1, 0.15) is 11.9 Å². The highest BCUT2D eigenvalue weighted by atomic mass is 16.5. The summed E-state index contributed by atoms with van der Waals surface area (Å²) >= 11 is 0. The average molecular weight is 216 g/mol. The number of ether oxygens (including phenoxy) is 1. The maximum absolute atomic E-state index is 6.17. The molecule has 0 amide bonds. The zero-order chi connectivity index (χ0) is 10.6. The van der Waals surface area contributed by atoms with Gasteiger partial charge in [0.15, 0.2) is 0 Å². The van der Waals surface area contributed by atoms with E-state index in [1.807, 2.05) is 12.3 Å². The minimum Gasteiger partial charge on any atom is -0.488 e. The smallest absolute Gasteiger partial charge is 0.141 e. The number of fused-ring (bicyclic) bond motifs is 2. The van der Waals surface area contributed by atoms with Gasteiger partial charge in [-0.15, -0.1) is 0 Å². The molecule has 2 bridgehead atoms. The van der Waals surface area contributed by atoms with Gasteiger partial charge in [0.05, 0.1) is 5.69 Å². The molecule has 3 aliphatic rings. The maximum Gasteiger partial charge on any atom is 0.141 e. The molecule has 0 aliphatic carbocycles. The van der Waals surface area contributed by atoms with Gasteiger partial charge in [-0.3, -0.25) is 4.98 Å². The number of pyridine rings is 1. The largest absolute Gasteiger partial charge is 0.488 e. The van der Waals surface area contributed by atoms with E-state index in [0.29, 0.717) is 11.5 Å². The van der Waals surface area contributed by atoms with E-state index in [0.717, 1.165) is 12.2 Å². The second-order valence-electron chi connectivity index (χ2n) is 5.41. The van der Waals surface area contributed by atoms with Gasteiger partial charge in [-0.1, -0.05) is 0 Å². The first-order valence-corrected chi connectivity index (χ1v) is 6.19. The molecule has 4 heterocycles. The topological polar surface area (TPSA) is 25.4 Å². The van der Waals surface area contributed by atoms with E-state index in [4.69, 9.17) is 4.74 Å². The second kappa shape index (κ2) is 2.98. The third kappa shape index (κ3) is 1.09. The average Bonchev–Trinajstić information content (AvgIpc) is 2.64. The number of rotatable bonds is 0. The summed E-state index contributed by atoms with van der Waals surface area (Å²) in [6.07, 6.45) is 5.91. The van der Waals surface area contributed by atoms with Crippen LogP contribution >= 0.6 is 0 Å². The van der Waals surface area contributed by atoms with Crippen molar-refractivity contribution < 1.29 is 4.74 Å². The van der Waals surface area contributed by atoms with Gasteiger partial charge in [-0.2, -0.15) is 0 Å². The fourth-order valence-electron chi connectivity index (χ4n) is 3.64. The van der Waals surface area contributed by atoms with Crippen molar-refractivity contribution in [2.75, 3.05) is 19.6 Å². The van der Waals surface area contributed by atoms with Gasteiger partial charge in [0.2, 0.25) is 0 Å². The summed E-state index contributed by atoms with van der Waals surface area (Å²) in [5.41, 5.74) is 1.54. The summed E-state index contributed by atoms with van der Waals surface area (Å²) in [7, 11) is 0. The lowest BCUT2D eigenvalue weighted by Gasteiger charge is -2.44. The maximum atomic E-state index is 6.17. The van der Waals surface area contributed by atoms with E-state index in [1.165, 1.54) is 38.2 Å². The molecule has 4 rings (SSSR count). The zero-order valence-corrected chi connectivity index (χ0v) is 9.35.